The quantitative estimate of drug-likeness (QED) is 0.580. The lowest BCUT2D eigenvalue weighted by atomic mass is 10.1. The maximum absolute atomic E-state index is 12.2. The summed E-state index contributed by atoms with van der Waals surface area (Å²) in [5.74, 6) is 2.26. The number of aromatic nitrogens is 1. The highest BCUT2D eigenvalue weighted by molar-refractivity contribution is 6.08. The Bertz CT molecular complexity index is 988. The molecule has 0 spiro atoms. The second kappa shape index (κ2) is 7.74. The Hall–Kier alpha value is -2.95. The van der Waals surface area contributed by atoms with E-state index in [2.05, 4.69) is 4.57 Å². The summed E-state index contributed by atoms with van der Waals surface area (Å²) >= 11 is 0. The number of methoxy groups -OCH3 is 3. The van der Waals surface area contributed by atoms with Crippen LogP contribution in [-0.4, -0.2) is 31.7 Å². The molecule has 0 aliphatic carbocycles. The average molecular weight is 367 g/mol. The van der Waals surface area contributed by atoms with Gasteiger partial charge in [0.25, 0.3) is 0 Å². The molecule has 0 unspecified atom stereocenters. The number of ketones is 1. The van der Waals surface area contributed by atoms with Crippen LogP contribution in [0.15, 0.2) is 36.4 Å². The van der Waals surface area contributed by atoms with Gasteiger partial charge in [-0.1, -0.05) is 6.07 Å². The van der Waals surface area contributed by atoms with E-state index in [1.54, 1.807) is 28.3 Å². The van der Waals surface area contributed by atoms with Gasteiger partial charge in [-0.05, 0) is 56.2 Å². The van der Waals surface area contributed by atoms with Crippen molar-refractivity contribution in [2.75, 3.05) is 21.3 Å². The molecule has 0 atom stereocenters. The summed E-state index contributed by atoms with van der Waals surface area (Å²) in [6.45, 7) is 4.37. The van der Waals surface area contributed by atoms with E-state index in [-0.39, 0.29) is 5.78 Å². The van der Waals surface area contributed by atoms with Crippen LogP contribution < -0.4 is 14.2 Å². The third-order valence-electron chi connectivity index (χ3n) is 4.95. The lowest BCUT2D eigenvalue weighted by molar-refractivity contribution is 0.101. The maximum Gasteiger partial charge on any atom is 0.162 e. The van der Waals surface area contributed by atoms with Gasteiger partial charge in [-0.15, -0.1) is 0 Å². The first-order chi connectivity index (χ1) is 13.0. The monoisotopic (exact) mass is 367 g/mol. The highest BCUT2D eigenvalue weighted by Crippen LogP contribution is 2.31. The molecule has 1 aromatic heterocycles. The number of aryl methyl sites for hydroxylation is 2. The third kappa shape index (κ3) is 3.50. The van der Waals surface area contributed by atoms with Crippen molar-refractivity contribution in [2.45, 2.75) is 26.8 Å². The molecule has 3 aromatic rings. The molecule has 0 N–H and O–H groups in total. The van der Waals surface area contributed by atoms with Crippen molar-refractivity contribution < 1.29 is 19.0 Å². The van der Waals surface area contributed by atoms with E-state index in [4.69, 9.17) is 14.2 Å². The Morgan fingerprint density at radius 1 is 0.963 bits per heavy atom. The maximum atomic E-state index is 12.2. The number of rotatable bonds is 7. The molecular weight excluding hydrogens is 342 g/mol. The summed E-state index contributed by atoms with van der Waals surface area (Å²) in [5.41, 5.74) is 3.92. The zero-order valence-corrected chi connectivity index (χ0v) is 16.5. The van der Waals surface area contributed by atoms with Crippen molar-refractivity contribution in [2.24, 2.45) is 0 Å². The largest absolute Gasteiger partial charge is 0.497 e. The van der Waals surface area contributed by atoms with E-state index in [0.717, 1.165) is 57.9 Å². The summed E-state index contributed by atoms with van der Waals surface area (Å²) in [6, 6.07) is 11.8. The highest BCUT2D eigenvalue weighted by atomic mass is 16.5. The normalized spacial score (nSPS) is 10.9. The molecule has 0 radical (unpaired) electrons. The van der Waals surface area contributed by atoms with Gasteiger partial charge in [0.05, 0.1) is 21.3 Å². The molecule has 5 nitrogen and oxygen atoms in total. The number of fused-ring (bicyclic) bond motifs is 1. The topological polar surface area (TPSA) is 49.7 Å². The van der Waals surface area contributed by atoms with Crippen LogP contribution in [0.2, 0.25) is 0 Å². The van der Waals surface area contributed by atoms with Gasteiger partial charge in [0.1, 0.15) is 5.75 Å². The molecule has 5 heteroatoms. The summed E-state index contributed by atoms with van der Waals surface area (Å²) < 4.78 is 18.2. The molecule has 0 amide bonds. The van der Waals surface area contributed by atoms with Crippen LogP contribution in [0.1, 0.15) is 28.5 Å². The fourth-order valence-corrected chi connectivity index (χ4v) is 3.60. The molecule has 0 aliphatic rings. The molecule has 0 bridgehead atoms. The summed E-state index contributed by atoms with van der Waals surface area (Å²) in [6.07, 6.45) is 0.814. The minimum absolute atomic E-state index is 0.0654. The Kier molecular flexibility index (Phi) is 5.40. The van der Waals surface area contributed by atoms with Crippen LogP contribution in [0.5, 0.6) is 17.2 Å². The summed E-state index contributed by atoms with van der Waals surface area (Å²) in [4.78, 5) is 12.2. The van der Waals surface area contributed by atoms with Crippen LogP contribution in [0.3, 0.4) is 0 Å². The number of ether oxygens (including phenoxy) is 3. The van der Waals surface area contributed by atoms with Gasteiger partial charge >= 0.3 is 0 Å². The zero-order chi connectivity index (χ0) is 19.6. The van der Waals surface area contributed by atoms with E-state index >= 15 is 0 Å². The van der Waals surface area contributed by atoms with E-state index in [1.807, 2.05) is 43.3 Å². The van der Waals surface area contributed by atoms with Crippen LogP contribution in [0.4, 0.5) is 0 Å². The molecule has 2 aromatic carbocycles. The summed E-state index contributed by atoms with van der Waals surface area (Å²) in [5, 5.41) is 0.937. The minimum Gasteiger partial charge on any atom is -0.497 e. The third-order valence-corrected chi connectivity index (χ3v) is 4.95. The minimum atomic E-state index is 0.0654. The molecule has 0 saturated heterocycles. The molecule has 3 rings (SSSR count). The predicted octanol–water partition coefficient (Wildman–Crippen LogP) is 4.42. The Labute approximate surface area is 159 Å². The van der Waals surface area contributed by atoms with Gasteiger partial charge in [0.2, 0.25) is 0 Å². The zero-order valence-electron chi connectivity index (χ0n) is 16.5. The van der Waals surface area contributed by atoms with Crippen LogP contribution >= 0.6 is 0 Å². The first-order valence-electron chi connectivity index (χ1n) is 8.88. The molecule has 0 aliphatic heterocycles. The molecule has 1 heterocycles. The van der Waals surface area contributed by atoms with E-state index in [0.29, 0.717) is 0 Å². The van der Waals surface area contributed by atoms with Crippen LogP contribution in [0, 0.1) is 6.92 Å². The van der Waals surface area contributed by atoms with Crippen LogP contribution in [0.25, 0.3) is 10.9 Å². The van der Waals surface area contributed by atoms with Crippen LogP contribution in [-0.2, 0) is 13.0 Å². The number of nitrogens with zero attached hydrogens (tertiary/aromatic N) is 1. The van der Waals surface area contributed by atoms with E-state index < -0.39 is 0 Å². The van der Waals surface area contributed by atoms with E-state index in [1.165, 1.54) is 0 Å². The second-order valence-corrected chi connectivity index (χ2v) is 6.49. The number of Topliss-reactive ketones (excluding diaryl/α,β-unsaturated/α-hetero) is 1. The second-order valence-electron chi connectivity index (χ2n) is 6.49. The molecule has 0 fully saturated rings. The smallest absolute Gasteiger partial charge is 0.162 e. The standard InChI is InChI=1S/C22H25NO4/c1-14-22(15(2)24)18-13-17(25-3)7-8-19(18)23(14)11-10-16-6-9-20(26-4)21(12-16)27-5/h6-9,12-13H,10-11H2,1-5H3. The Morgan fingerprint density at radius 2 is 1.70 bits per heavy atom. The fourth-order valence-electron chi connectivity index (χ4n) is 3.60. The van der Waals surface area contributed by atoms with Gasteiger partial charge in [0.15, 0.2) is 17.3 Å². The van der Waals surface area contributed by atoms with Gasteiger partial charge in [-0.3, -0.25) is 4.79 Å². The lowest BCUT2D eigenvalue weighted by Gasteiger charge is -2.12. The molecule has 0 saturated carbocycles. The molecular formula is C22H25NO4. The highest BCUT2D eigenvalue weighted by Gasteiger charge is 2.18. The first kappa shape index (κ1) is 18.8. The van der Waals surface area contributed by atoms with Gasteiger partial charge < -0.3 is 18.8 Å². The summed E-state index contributed by atoms with van der Waals surface area (Å²) in [7, 11) is 4.90. The number of hydrogen-bond acceptors (Lipinski definition) is 4. The number of benzene rings is 2. The predicted molar refractivity (Wildman–Crippen MR) is 106 cm³/mol. The Balaban J connectivity index is 1.98. The fraction of sp³-hybridized carbons (Fsp3) is 0.318. The number of carbonyl (C=O) groups is 1. The van der Waals surface area contributed by atoms with Crippen molar-refractivity contribution >= 4 is 16.7 Å². The average Bonchev–Trinajstić information content (AvgIpc) is 2.96. The van der Waals surface area contributed by atoms with Gasteiger partial charge in [-0.2, -0.15) is 0 Å². The van der Waals surface area contributed by atoms with Crippen molar-refractivity contribution in [3.63, 3.8) is 0 Å². The number of hydrogen-bond donors (Lipinski definition) is 0. The van der Waals surface area contributed by atoms with Crippen molar-refractivity contribution in [3.8, 4) is 17.2 Å². The van der Waals surface area contributed by atoms with E-state index in [9.17, 15) is 4.79 Å². The Morgan fingerprint density at radius 3 is 2.33 bits per heavy atom. The van der Waals surface area contributed by atoms with Gasteiger partial charge in [-0.25, -0.2) is 0 Å². The molecule has 142 valence electrons. The SMILES string of the molecule is COc1ccc2c(c1)c(C(C)=O)c(C)n2CCc1ccc(OC)c(OC)c1. The van der Waals surface area contributed by atoms with Gasteiger partial charge in [0, 0.05) is 28.7 Å². The van der Waals surface area contributed by atoms with Crippen molar-refractivity contribution in [1.82, 2.24) is 4.57 Å². The van der Waals surface area contributed by atoms with Crippen molar-refractivity contribution in [1.29, 1.82) is 0 Å². The van der Waals surface area contributed by atoms with Crippen molar-refractivity contribution in [3.05, 3.63) is 53.2 Å². The first-order valence-corrected chi connectivity index (χ1v) is 8.88. The molecule has 27 heavy (non-hydrogen) atoms. The number of carbonyl (C=O) groups excluding carboxylic acids is 1. The lowest BCUT2D eigenvalue weighted by Crippen LogP contribution is -2.05.